The van der Waals surface area contributed by atoms with Crippen molar-refractivity contribution in [3.8, 4) is 11.5 Å². The Morgan fingerprint density at radius 1 is 0.867 bits per heavy atom. The number of carbonyl (C=O) groups is 2. The number of hydrogen-bond donors (Lipinski definition) is 0. The summed E-state index contributed by atoms with van der Waals surface area (Å²) in [6.45, 7) is 8.46. The minimum Gasteiger partial charge on any atom is -0.494 e. The first-order chi connectivity index (χ1) is 21.8. The number of fused-ring (bicyclic) bond motifs is 1. The lowest BCUT2D eigenvalue weighted by molar-refractivity contribution is -0.139. The fourth-order valence-corrected chi connectivity index (χ4v) is 6.04. The molecule has 2 heterocycles. The summed E-state index contributed by atoms with van der Waals surface area (Å²) in [5.41, 5.74) is 3.33. The largest absolute Gasteiger partial charge is 0.494 e. The Balaban J connectivity index is 1.50. The molecule has 1 aliphatic rings. The first kappa shape index (κ1) is 31.5. The Hall–Kier alpha value is -4.96. The quantitative estimate of drug-likeness (QED) is 0.217. The zero-order valence-electron chi connectivity index (χ0n) is 25.6. The van der Waals surface area contributed by atoms with Crippen LogP contribution in [0, 0.1) is 0 Å². The number of ether oxygens (including phenoxy) is 4. The molecule has 0 saturated heterocycles. The van der Waals surface area contributed by atoms with Gasteiger partial charge in [0.15, 0.2) is 4.80 Å². The Kier molecular flexibility index (Phi) is 9.94. The number of nitrogens with zero attached hydrogens (tertiary/aromatic N) is 2. The summed E-state index contributed by atoms with van der Waals surface area (Å²) in [6, 6.07) is 21.1. The van der Waals surface area contributed by atoms with Crippen LogP contribution in [0.1, 0.15) is 60.8 Å². The molecule has 1 atom stereocenters. The molecule has 232 valence electrons. The van der Waals surface area contributed by atoms with Crippen molar-refractivity contribution >= 4 is 29.4 Å². The van der Waals surface area contributed by atoms with Crippen molar-refractivity contribution < 1.29 is 28.5 Å². The van der Waals surface area contributed by atoms with E-state index in [2.05, 4.69) is 4.99 Å². The van der Waals surface area contributed by atoms with Crippen molar-refractivity contribution in [2.45, 2.75) is 40.3 Å². The highest BCUT2D eigenvalue weighted by atomic mass is 32.1. The van der Waals surface area contributed by atoms with E-state index in [1.165, 1.54) is 11.3 Å². The molecular formula is C35H34N2O7S. The highest BCUT2D eigenvalue weighted by molar-refractivity contribution is 7.07. The molecule has 0 spiro atoms. The first-order valence-corrected chi connectivity index (χ1v) is 15.6. The molecule has 9 nitrogen and oxygen atoms in total. The molecule has 0 saturated carbocycles. The van der Waals surface area contributed by atoms with Crippen LogP contribution < -0.4 is 24.4 Å². The molecule has 3 aromatic carbocycles. The molecule has 0 radical (unpaired) electrons. The van der Waals surface area contributed by atoms with Gasteiger partial charge in [-0.2, -0.15) is 0 Å². The number of aromatic nitrogens is 1. The lowest BCUT2D eigenvalue weighted by Gasteiger charge is -2.24. The lowest BCUT2D eigenvalue weighted by Crippen LogP contribution is -2.39. The van der Waals surface area contributed by atoms with Crippen LogP contribution in [0.15, 0.2) is 93.9 Å². The minimum absolute atomic E-state index is 0.197. The van der Waals surface area contributed by atoms with Crippen LogP contribution in [0.2, 0.25) is 0 Å². The summed E-state index contributed by atoms with van der Waals surface area (Å²) >= 11 is 1.25. The number of thiazole rings is 1. The maximum atomic E-state index is 14.0. The van der Waals surface area contributed by atoms with Gasteiger partial charge in [-0.15, -0.1) is 0 Å². The molecule has 10 heteroatoms. The number of carbonyl (C=O) groups excluding carboxylic acids is 2. The van der Waals surface area contributed by atoms with Crippen LogP contribution in [0.5, 0.6) is 11.5 Å². The van der Waals surface area contributed by atoms with Crippen molar-refractivity contribution in [1.82, 2.24) is 4.57 Å². The van der Waals surface area contributed by atoms with Gasteiger partial charge in [-0.05, 0) is 75.2 Å². The molecule has 5 rings (SSSR count). The van der Waals surface area contributed by atoms with Gasteiger partial charge >= 0.3 is 11.9 Å². The summed E-state index contributed by atoms with van der Waals surface area (Å²) in [7, 11) is 0. The van der Waals surface area contributed by atoms with Crippen molar-refractivity contribution in [2.24, 2.45) is 4.99 Å². The second-order valence-electron chi connectivity index (χ2n) is 10.0. The molecule has 0 fully saturated rings. The normalized spacial score (nSPS) is 14.4. The standard InChI is InChI=1S/C35H34N2O7S/c1-5-41-27-18-16-24(17-19-27)31-30(34(40)43-7-3)22(4)36-35-37(31)32(38)29(45-35)20-26-10-8-9-11-28(26)44-21-23-12-14-25(15-13-23)33(39)42-6-2/h8-20,31H,5-7,21H2,1-4H3/b29-20-/t31-/m1/s1. The number of hydrogen-bond acceptors (Lipinski definition) is 9. The van der Waals surface area contributed by atoms with Gasteiger partial charge in [0.25, 0.3) is 5.56 Å². The Morgan fingerprint density at radius 2 is 1.56 bits per heavy atom. The predicted molar refractivity (Wildman–Crippen MR) is 171 cm³/mol. The van der Waals surface area contributed by atoms with Gasteiger partial charge in [0.2, 0.25) is 0 Å². The first-order valence-electron chi connectivity index (χ1n) is 14.7. The number of para-hydroxylation sites is 1. The summed E-state index contributed by atoms with van der Waals surface area (Å²) in [5.74, 6) is 0.398. The molecule has 45 heavy (non-hydrogen) atoms. The van der Waals surface area contributed by atoms with E-state index in [1.54, 1.807) is 43.5 Å². The highest BCUT2D eigenvalue weighted by Crippen LogP contribution is 2.31. The second kappa shape index (κ2) is 14.2. The lowest BCUT2D eigenvalue weighted by atomic mass is 9.96. The molecule has 0 amide bonds. The third-order valence-electron chi connectivity index (χ3n) is 7.09. The molecule has 0 unspecified atom stereocenters. The van der Waals surface area contributed by atoms with E-state index in [0.29, 0.717) is 56.4 Å². The van der Waals surface area contributed by atoms with E-state index in [0.717, 1.165) is 11.1 Å². The van der Waals surface area contributed by atoms with Crippen molar-refractivity contribution in [3.05, 3.63) is 126 Å². The molecule has 0 bridgehead atoms. The molecule has 0 aliphatic carbocycles. The van der Waals surface area contributed by atoms with Crippen LogP contribution in [-0.4, -0.2) is 36.3 Å². The van der Waals surface area contributed by atoms with E-state index in [-0.39, 0.29) is 24.7 Å². The summed E-state index contributed by atoms with van der Waals surface area (Å²) in [6.07, 6.45) is 1.78. The topological polar surface area (TPSA) is 105 Å². The number of benzene rings is 3. The van der Waals surface area contributed by atoms with Gasteiger partial charge in [0, 0.05) is 5.56 Å². The second-order valence-corrected chi connectivity index (χ2v) is 11.1. The molecule has 1 aliphatic heterocycles. The Morgan fingerprint density at radius 3 is 2.24 bits per heavy atom. The maximum Gasteiger partial charge on any atom is 0.338 e. The third-order valence-corrected chi connectivity index (χ3v) is 8.07. The molecule has 0 N–H and O–H groups in total. The van der Waals surface area contributed by atoms with Crippen molar-refractivity contribution in [2.75, 3.05) is 19.8 Å². The predicted octanol–water partition coefficient (Wildman–Crippen LogP) is 4.95. The van der Waals surface area contributed by atoms with E-state index in [4.69, 9.17) is 18.9 Å². The zero-order valence-corrected chi connectivity index (χ0v) is 26.4. The Labute approximate surface area is 264 Å². The van der Waals surface area contributed by atoms with Crippen molar-refractivity contribution in [1.29, 1.82) is 0 Å². The number of allylic oxidation sites excluding steroid dienone is 1. The molecular weight excluding hydrogens is 592 g/mol. The van der Waals surface area contributed by atoms with Crippen LogP contribution >= 0.6 is 11.3 Å². The maximum absolute atomic E-state index is 14.0. The summed E-state index contributed by atoms with van der Waals surface area (Å²) in [5, 5.41) is 0. The fourth-order valence-electron chi connectivity index (χ4n) is 5.00. The average Bonchev–Trinajstić information content (AvgIpc) is 3.34. The van der Waals surface area contributed by atoms with Crippen molar-refractivity contribution in [3.63, 3.8) is 0 Å². The van der Waals surface area contributed by atoms with E-state index in [1.807, 2.05) is 67.6 Å². The fraction of sp³-hybridized carbons (Fsp3) is 0.257. The summed E-state index contributed by atoms with van der Waals surface area (Å²) in [4.78, 5) is 44.3. The van der Waals surface area contributed by atoms with Crippen LogP contribution in [0.4, 0.5) is 0 Å². The highest BCUT2D eigenvalue weighted by Gasteiger charge is 2.33. The Bertz CT molecular complexity index is 1900. The van der Waals surface area contributed by atoms with Gasteiger partial charge in [0.05, 0.1) is 47.2 Å². The third kappa shape index (κ3) is 6.91. The van der Waals surface area contributed by atoms with E-state index >= 15 is 0 Å². The van der Waals surface area contributed by atoms with Gasteiger partial charge in [-0.3, -0.25) is 9.36 Å². The minimum atomic E-state index is -0.720. The molecule has 4 aromatic rings. The van der Waals surface area contributed by atoms with Gasteiger partial charge in [-0.25, -0.2) is 14.6 Å². The average molecular weight is 627 g/mol. The van der Waals surface area contributed by atoms with Crippen LogP contribution in [-0.2, 0) is 20.9 Å². The summed E-state index contributed by atoms with van der Waals surface area (Å²) < 4.78 is 24.2. The number of rotatable bonds is 11. The SMILES string of the molecule is CCOC(=O)C1=C(C)N=c2s/c(=C\c3ccccc3OCc3ccc(C(=O)OCC)cc3)c(=O)n2[C@@H]1c1ccc(OCC)cc1. The van der Waals surface area contributed by atoms with E-state index < -0.39 is 12.0 Å². The van der Waals surface area contributed by atoms with Crippen LogP contribution in [0.3, 0.4) is 0 Å². The molecule has 1 aromatic heterocycles. The smallest absolute Gasteiger partial charge is 0.338 e. The van der Waals surface area contributed by atoms with Gasteiger partial charge < -0.3 is 18.9 Å². The van der Waals surface area contributed by atoms with Gasteiger partial charge in [0.1, 0.15) is 18.1 Å². The monoisotopic (exact) mass is 626 g/mol. The zero-order chi connectivity index (χ0) is 31.9. The number of esters is 2. The van der Waals surface area contributed by atoms with E-state index in [9.17, 15) is 14.4 Å². The van der Waals surface area contributed by atoms with Crippen LogP contribution in [0.25, 0.3) is 6.08 Å². The van der Waals surface area contributed by atoms with Gasteiger partial charge in [-0.1, -0.05) is 53.8 Å².